The van der Waals surface area contributed by atoms with E-state index in [4.69, 9.17) is 0 Å². The molecule has 2 aromatic rings. The molecule has 7 heteroatoms. The number of rotatable bonds is 4. The van der Waals surface area contributed by atoms with E-state index < -0.39 is 4.92 Å². The maximum absolute atomic E-state index is 13.3. The van der Waals surface area contributed by atoms with E-state index in [9.17, 15) is 14.5 Å². The minimum Gasteiger partial charge on any atom is -0.350 e. The number of nitrogens with one attached hydrogen (secondary N) is 1. The van der Waals surface area contributed by atoms with Crippen molar-refractivity contribution >= 4 is 11.6 Å². The molecular formula is C11H9FN4O2. The Hall–Kier alpha value is -2.57. The van der Waals surface area contributed by atoms with Gasteiger partial charge in [-0.15, -0.1) is 0 Å². The van der Waals surface area contributed by atoms with Crippen molar-refractivity contribution in [3.8, 4) is 0 Å². The van der Waals surface area contributed by atoms with Crippen molar-refractivity contribution in [3.05, 3.63) is 58.2 Å². The van der Waals surface area contributed by atoms with Crippen molar-refractivity contribution in [2.75, 3.05) is 5.32 Å². The molecule has 1 N–H and O–H groups in total. The van der Waals surface area contributed by atoms with Crippen LogP contribution in [0.25, 0.3) is 0 Å². The number of nitrogens with zero attached hydrogens (tertiary/aromatic N) is 3. The number of anilines is 1. The third-order valence-corrected chi connectivity index (χ3v) is 2.24. The first-order chi connectivity index (χ1) is 8.66. The van der Waals surface area contributed by atoms with Gasteiger partial charge in [0.2, 0.25) is 5.95 Å². The van der Waals surface area contributed by atoms with Gasteiger partial charge in [0.15, 0.2) is 0 Å². The lowest BCUT2D eigenvalue weighted by Gasteiger charge is -2.04. The summed E-state index contributed by atoms with van der Waals surface area (Å²) >= 11 is 0. The highest BCUT2D eigenvalue weighted by molar-refractivity contribution is 5.32. The van der Waals surface area contributed by atoms with Crippen LogP contribution in [0.4, 0.5) is 16.0 Å². The van der Waals surface area contributed by atoms with Crippen LogP contribution in [-0.4, -0.2) is 14.9 Å². The number of nitro groups is 1. The van der Waals surface area contributed by atoms with Crippen LogP contribution in [0.1, 0.15) is 5.56 Å². The Labute approximate surface area is 102 Å². The lowest BCUT2D eigenvalue weighted by atomic mass is 10.2. The molecule has 0 aliphatic heterocycles. The molecule has 6 nitrogen and oxygen atoms in total. The summed E-state index contributed by atoms with van der Waals surface area (Å²) < 4.78 is 13.3. The Morgan fingerprint density at radius 2 is 1.94 bits per heavy atom. The summed E-state index contributed by atoms with van der Waals surface area (Å²) in [6, 6.07) is 6.30. The van der Waals surface area contributed by atoms with E-state index in [0.717, 1.165) is 12.4 Å². The van der Waals surface area contributed by atoms with Crippen molar-refractivity contribution in [2.24, 2.45) is 0 Å². The number of hydrogen-bond donors (Lipinski definition) is 1. The number of benzene rings is 1. The molecule has 1 heterocycles. The fourth-order valence-electron chi connectivity index (χ4n) is 1.32. The van der Waals surface area contributed by atoms with Gasteiger partial charge in [0.1, 0.15) is 18.2 Å². The van der Waals surface area contributed by atoms with E-state index in [2.05, 4.69) is 15.3 Å². The molecule has 0 unspecified atom stereocenters. The van der Waals surface area contributed by atoms with Crippen LogP contribution < -0.4 is 5.32 Å². The van der Waals surface area contributed by atoms with E-state index in [1.165, 1.54) is 6.07 Å². The molecule has 0 amide bonds. The molecule has 2 rings (SSSR count). The van der Waals surface area contributed by atoms with E-state index >= 15 is 0 Å². The molecule has 1 aromatic carbocycles. The second-order valence-electron chi connectivity index (χ2n) is 3.47. The van der Waals surface area contributed by atoms with Crippen LogP contribution in [0.5, 0.6) is 0 Å². The first-order valence-electron chi connectivity index (χ1n) is 5.10. The van der Waals surface area contributed by atoms with Crippen molar-refractivity contribution in [2.45, 2.75) is 6.54 Å². The zero-order chi connectivity index (χ0) is 13.0. The second-order valence-corrected chi connectivity index (χ2v) is 3.47. The lowest BCUT2D eigenvalue weighted by molar-refractivity contribution is -0.385. The van der Waals surface area contributed by atoms with Crippen molar-refractivity contribution in [3.63, 3.8) is 0 Å². The Morgan fingerprint density at radius 1 is 1.28 bits per heavy atom. The van der Waals surface area contributed by atoms with E-state index in [-0.39, 0.29) is 24.0 Å². The first kappa shape index (κ1) is 11.9. The lowest BCUT2D eigenvalue weighted by Crippen LogP contribution is -2.05. The van der Waals surface area contributed by atoms with Gasteiger partial charge in [-0.25, -0.2) is 14.4 Å². The Kier molecular flexibility index (Phi) is 3.42. The average molecular weight is 248 g/mol. The Morgan fingerprint density at radius 3 is 2.56 bits per heavy atom. The van der Waals surface area contributed by atoms with Gasteiger partial charge in [0.25, 0.3) is 0 Å². The topological polar surface area (TPSA) is 81.0 Å². The highest BCUT2D eigenvalue weighted by atomic mass is 19.1. The summed E-state index contributed by atoms with van der Waals surface area (Å²) in [5, 5.41) is 13.2. The van der Waals surface area contributed by atoms with Gasteiger partial charge in [0, 0.05) is 12.1 Å². The Balaban J connectivity index is 2.02. The predicted octanol–water partition coefficient (Wildman–Crippen LogP) is 2.14. The number of hydrogen-bond acceptors (Lipinski definition) is 5. The van der Waals surface area contributed by atoms with Gasteiger partial charge in [0.05, 0.1) is 4.92 Å². The summed E-state index contributed by atoms with van der Waals surface area (Å²) in [4.78, 5) is 17.3. The quantitative estimate of drug-likeness (QED) is 0.662. The van der Waals surface area contributed by atoms with Crippen molar-refractivity contribution in [1.29, 1.82) is 0 Å². The van der Waals surface area contributed by atoms with Gasteiger partial charge in [-0.3, -0.25) is 10.1 Å². The van der Waals surface area contributed by atoms with Crippen LogP contribution in [-0.2, 0) is 6.54 Å². The molecule has 92 valence electrons. The number of halogens is 1. The van der Waals surface area contributed by atoms with Crippen LogP contribution >= 0.6 is 0 Å². The normalized spacial score (nSPS) is 10.1. The van der Waals surface area contributed by atoms with Gasteiger partial charge in [-0.05, 0) is 6.07 Å². The molecule has 0 saturated heterocycles. The van der Waals surface area contributed by atoms with Gasteiger partial charge < -0.3 is 5.32 Å². The van der Waals surface area contributed by atoms with Crippen LogP contribution in [0.2, 0.25) is 0 Å². The third-order valence-electron chi connectivity index (χ3n) is 2.24. The fourth-order valence-corrected chi connectivity index (χ4v) is 1.32. The maximum atomic E-state index is 13.3. The largest absolute Gasteiger partial charge is 0.350 e. The summed E-state index contributed by atoms with van der Waals surface area (Å²) in [5.74, 6) is -0.115. The highest BCUT2D eigenvalue weighted by Gasteiger charge is 2.07. The van der Waals surface area contributed by atoms with Crippen molar-refractivity contribution in [1.82, 2.24) is 9.97 Å². The van der Waals surface area contributed by atoms with Gasteiger partial charge in [-0.1, -0.05) is 18.2 Å². The molecule has 0 aliphatic rings. The molecule has 18 heavy (non-hydrogen) atoms. The van der Waals surface area contributed by atoms with E-state index in [1.807, 2.05) is 0 Å². The van der Waals surface area contributed by atoms with Crippen molar-refractivity contribution < 1.29 is 9.31 Å². The summed E-state index contributed by atoms with van der Waals surface area (Å²) in [6.45, 7) is 0.213. The molecule has 0 bridgehead atoms. The molecule has 0 radical (unpaired) electrons. The first-order valence-corrected chi connectivity index (χ1v) is 5.10. The standard InChI is InChI=1S/C11H9FN4O2/c12-10-4-2-1-3-8(10)5-13-11-14-6-9(7-15-11)16(17)18/h1-4,6-7H,5H2,(H,13,14,15). The summed E-state index contributed by atoms with van der Waals surface area (Å²) in [7, 11) is 0. The molecule has 0 aliphatic carbocycles. The monoisotopic (exact) mass is 248 g/mol. The third kappa shape index (κ3) is 2.76. The molecular weight excluding hydrogens is 239 g/mol. The summed E-state index contributed by atoms with van der Waals surface area (Å²) in [5.41, 5.74) is 0.283. The predicted molar refractivity (Wildman–Crippen MR) is 62.4 cm³/mol. The zero-order valence-electron chi connectivity index (χ0n) is 9.21. The molecule has 0 saturated carbocycles. The average Bonchev–Trinajstić information content (AvgIpc) is 2.38. The molecule has 0 spiro atoms. The minimum atomic E-state index is -0.583. The maximum Gasteiger partial charge on any atom is 0.305 e. The molecule has 1 aromatic heterocycles. The smallest absolute Gasteiger partial charge is 0.305 e. The van der Waals surface area contributed by atoms with Crippen LogP contribution in [0.3, 0.4) is 0 Å². The number of aromatic nitrogens is 2. The van der Waals surface area contributed by atoms with Crippen LogP contribution in [0, 0.1) is 15.9 Å². The Bertz CT molecular complexity index is 559. The SMILES string of the molecule is O=[N+]([O-])c1cnc(NCc2ccccc2F)nc1. The molecule has 0 atom stereocenters. The van der Waals surface area contributed by atoms with E-state index in [0.29, 0.717) is 5.56 Å². The zero-order valence-corrected chi connectivity index (χ0v) is 9.21. The highest BCUT2D eigenvalue weighted by Crippen LogP contribution is 2.11. The van der Waals surface area contributed by atoms with E-state index in [1.54, 1.807) is 18.2 Å². The van der Waals surface area contributed by atoms with Crippen LogP contribution in [0.15, 0.2) is 36.7 Å². The second kappa shape index (κ2) is 5.17. The summed E-state index contributed by atoms with van der Waals surface area (Å²) in [6.07, 6.45) is 2.19. The molecule has 0 fully saturated rings. The van der Waals surface area contributed by atoms with Gasteiger partial charge >= 0.3 is 5.69 Å². The fraction of sp³-hybridized carbons (Fsp3) is 0.0909. The van der Waals surface area contributed by atoms with Gasteiger partial charge in [-0.2, -0.15) is 0 Å². The minimum absolute atomic E-state index is 0.188.